The summed E-state index contributed by atoms with van der Waals surface area (Å²) < 4.78 is 5.75. The third-order valence-corrected chi connectivity index (χ3v) is 5.80. The summed E-state index contributed by atoms with van der Waals surface area (Å²) in [7, 11) is 0. The van der Waals surface area contributed by atoms with E-state index in [2.05, 4.69) is 16.0 Å². The van der Waals surface area contributed by atoms with Gasteiger partial charge in [0.05, 0.1) is 11.7 Å². The van der Waals surface area contributed by atoms with Crippen LogP contribution in [0.3, 0.4) is 0 Å². The number of hydrogen-bond donors (Lipinski definition) is 0. The molecule has 118 valence electrons. The predicted molar refractivity (Wildman–Crippen MR) is 82.8 cm³/mol. The molecular weight excluding hydrogens is 290 g/mol. The number of hydrogen-bond acceptors (Lipinski definition) is 4. The van der Waals surface area contributed by atoms with Crippen LogP contribution in [0.2, 0.25) is 0 Å². The van der Waals surface area contributed by atoms with Gasteiger partial charge in [0.2, 0.25) is 5.76 Å². The van der Waals surface area contributed by atoms with Crippen molar-refractivity contribution in [3.05, 3.63) is 47.9 Å². The van der Waals surface area contributed by atoms with Gasteiger partial charge in [-0.2, -0.15) is 0 Å². The fraction of sp³-hybridized carbons (Fsp3) is 0.500. The smallest absolute Gasteiger partial charge is 0.292 e. The van der Waals surface area contributed by atoms with Crippen LogP contribution < -0.4 is 0 Å². The lowest BCUT2D eigenvalue weighted by Crippen LogP contribution is -2.53. The standard InChI is InChI=1S/C18H19N3O2/c22-17(15-11-20-16(23-15)12-3-4-12)21-9-6-13-5-7-18(13,21)14-2-1-8-19-10-14/h1-2,8,10-13H,3-7,9H2/t13-,18-/m0/s1. The number of nitrogens with zero attached hydrogens (tertiary/aromatic N) is 3. The van der Waals surface area contributed by atoms with Crippen molar-refractivity contribution in [1.29, 1.82) is 0 Å². The molecule has 1 amide bonds. The van der Waals surface area contributed by atoms with E-state index in [0.29, 0.717) is 17.6 Å². The number of aromatic nitrogens is 2. The molecule has 5 heteroatoms. The van der Waals surface area contributed by atoms with E-state index in [1.807, 2.05) is 17.2 Å². The zero-order chi connectivity index (χ0) is 15.4. The SMILES string of the molecule is O=C(c1cnc(C2CC2)o1)N1CC[C@@H]2CC[C@@]21c1cccnc1. The zero-order valence-electron chi connectivity index (χ0n) is 12.9. The van der Waals surface area contributed by atoms with Crippen LogP contribution in [-0.4, -0.2) is 27.3 Å². The molecule has 2 aromatic rings. The van der Waals surface area contributed by atoms with Gasteiger partial charge in [0.15, 0.2) is 5.89 Å². The van der Waals surface area contributed by atoms with Crippen molar-refractivity contribution in [3.63, 3.8) is 0 Å². The van der Waals surface area contributed by atoms with Crippen LogP contribution in [0.15, 0.2) is 35.1 Å². The summed E-state index contributed by atoms with van der Waals surface area (Å²) in [4.78, 5) is 23.6. The van der Waals surface area contributed by atoms with Crippen molar-refractivity contribution < 1.29 is 9.21 Å². The van der Waals surface area contributed by atoms with Crippen LogP contribution in [0, 0.1) is 5.92 Å². The third-order valence-electron chi connectivity index (χ3n) is 5.80. The molecule has 2 aromatic heterocycles. The average Bonchev–Trinajstić information content (AvgIpc) is 3.23. The van der Waals surface area contributed by atoms with E-state index in [9.17, 15) is 4.79 Å². The van der Waals surface area contributed by atoms with E-state index in [4.69, 9.17) is 4.42 Å². The molecule has 0 N–H and O–H groups in total. The highest BCUT2D eigenvalue weighted by Crippen LogP contribution is 2.57. The molecule has 0 spiro atoms. The highest BCUT2D eigenvalue weighted by molar-refractivity contribution is 5.92. The van der Waals surface area contributed by atoms with E-state index in [-0.39, 0.29) is 11.4 Å². The van der Waals surface area contributed by atoms with E-state index < -0.39 is 0 Å². The Balaban J connectivity index is 1.49. The summed E-state index contributed by atoms with van der Waals surface area (Å²) in [6, 6.07) is 4.06. The second-order valence-corrected chi connectivity index (χ2v) is 6.98. The monoisotopic (exact) mass is 309 g/mol. The van der Waals surface area contributed by atoms with Crippen LogP contribution in [0.25, 0.3) is 0 Å². The lowest BCUT2D eigenvalue weighted by molar-refractivity contribution is 0.0119. The molecule has 2 aliphatic carbocycles. The Morgan fingerprint density at radius 1 is 1.26 bits per heavy atom. The van der Waals surface area contributed by atoms with Gasteiger partial charge in [-0.3, -0.25) is 9.78 Å². The van der Waals surface area contributed by atoms with Crippen LogP contribution in [0.4, 0.5) is 0 Å². The van der Waals surface area contributed by atoms with Gasteiger partial charge in [-0.25, -0.2) is 4.98 Å². The van der Waals surface area contributed by atoms with Crippen molar-refractivity contribution in [1.82, 2.24) is 14.9 Å². The Morgan fingerprint density at radius 2 is 2.17 bits per heavy atom. The largest absolute Gasteiger partial charge is 0.435 e. The molecule has 0 unspecified atom stereocenters. The summed E-state index contributed by atoms with van der Waals surface area (Å²) in [5.74, 6) is 2.08. The van der Waals surface area contributed by atoms with Crippen molar-refractivity contribution in [2.45, 2.75) is 43.6 Å². The molecule has 23 heavy (non-hydrogen) atoms. The fourth-order valence-corrected chi connectivity index (χ4v) is 4.32. The predicted octanol–water partition coefficient (Wildman–Crippen LogP) is 3.10. The first kappa shape index (κ1) is 13.3. The first-order valence-electron chi connectivity index (χ1n) is 8.47. The number of pyridine rings is 1. The minimum atomic E-state index is -0.183. The maximum absolute atomic E-state index is 13.0. The van der Waals surface area contributed by atoms with Crippen LogP contribution in [0.5, 0.6) is 0 Å². The highest BCUT2D eigenvalue weighted by atomic mass is 16.4. The number of carbonyl (C=O) groups is 1. The number of rotatable bonds is 3. The average molecular weight is 309 g/mol. The highest BCUT2D eigenvalue weighted by Gasteiger charge is 2.58. The second-order valence-electron chi connectivity index (χ2n) is 6.98. The van der Waals surface area contributed by atoms with E-state index in [1.54, 1.807) is 12.4 Å². The second kappa shape index (κ2) is 4.66. The Kier molecular flexibility index (Phi) is 2.69. The van der Waals surface area contributed by atoms with Gasteiger partial charge in [0.1, 0.15) is 0 Å². The van der Waals surface area contributed by atoms with Gasteiger partial charge >= 0.3 is 0 Å². The summed E-state index contributed by atoms with van der Waals surface area (Å²) in [5, 5.41) is 0. The van der Waals surface area contributed by atoms with Crippen molar-refractivity contribution in [3.8, 4) is 0 Å². The topological polar surface area (TPSA) is 59.2 Å². The molecule has 2 saturated carbocycles. The van der Waals surface area contributed by atoms with Gasteiger partial charge in [-0.1, -0.05) is 6.07 Å². The minimum absolute atomic E-state index is 0.0181. The molecule has 1 saturated heterocycles. The summed E-state index contributed by atoms with van der Waals surface area (Å²) >= 11 is 0. The first-order chi connectivity index (χ1) is 11.3. The maximum atomic E-state index is 13.0. The molecular formula is C18H19N3O2. The Morgan fingerprint density at radius 3 is 2.87 bits per heavy atom. The summed E-state index contributed by atoms with van der Waals surface area (Å²) in [5.41, 5.74) is 0.974. The van der Waals surface area contributed by atoms with Gasteiger partial charge in [0.25, 0.3) is 5.91 Å². The van der Waals surface area contributed by atoms with Crippen LogP contribution in [0.1, 0.15) is 60.0 Å². The zero-order valence-corrected chi connectivity index (χ0v) is 12.9. The molecule has 0 bridgehead atoms. The third kappa shape index (κ3) is 1.82. The molecule has 3 aliphatic rings. The quantitative estimate of drug-likeness (QED) is 0.874. The van der Waals surface area contributed by atoms with Gasteiger partial charge in [0, 0.05) is 24.9 Å². The van der Waals surface area contributed by atoms with Crippen LogP contribution >= 0.6 is 0 Å². The molecule has 5 nitrogen and oxygen atoms in total. The molecule has 3 fully saturated rings. The minimum Gasteiger partial charge on any atom is -0.435 e. The Labute approximate surface area is 134 Å². The van der Waals surface area contributed by atoms with Crippen molar-refractivity contribution in [2.24, 2.45) is 5.92 Å². The number of carbonyl (C=O) groups excluding carboxylic acids is 1. The van der Waals surface area contributed by atoms with Gasteiger partial charge < -0.3 is 9.32 Å². The molecule has 5 rings (SSSR count). The first-order valence-corrected chi connectivity index (χ1v) is 8.47. The van der Waals surface area contributed by atoms with Crippen molar-refractivity contribution in [2.75, 3.05) is 6.54 Å². The number of oxazole rings is 1. The number of amides is 1. The van der Waals surface area contributed by atoms with E-state index >= 15 is 0 Å². The van der Waals surface area contributed by atoms with Crippen LogP contribution in [-0.2, 0) is 5.54 Å². The molecule has 3 heterocycles. The molecule has 0 radical (unpaired) electrons. The molecule has 0 aromatic carbocycles. The Bertz CT molecular complexity index is 753. The van der Waals surface area contributed by atoms with Gasteiger partial charge in [-0.15, -0.1) is 0 Å². The van der Waals surface area contributed by atoms with Crippen molar-refractivity contribution >= 4 is 5.91 Å². The van der Waals surface area contributed by atoms with Gasteiger partial charge in [-0.05, 0) is 49.7 Å². The fourth-order valence-electron chi connectivity index (χ4n) is 4.32. The lowest BCUT2D eigenvalue weighted by atomic mass is 9.64. The Hall–Kier alpha value is -2.17. The lowest BCUT2D eigenvalue weighted by Gasteiger charge is -2.50. The normalized spacial score (nSPS) is 29.2. The number of fused-ring (bicyclic) bond motifs is 1. The number of likely N-dealkylation sites (tertiary alicyclic amines) is 1. The molecule has 1 aliphatic heterocycles. The maximum Gasteiger partial charge on any atom is 0.292 e. The van der Waals surface area contributed by atoms with E-state index in [1.165, 1.54) is 6.42 Å². The molecule has 2 atom stereocenters. The van der Waals surface area contributed by atoms with E-state index in [0.717, 1.165) is 43.7 Å². The summed E-state index contributed by atoms with van der Waals surface area (Å²) in [6.07, 6.45) is 10.8. The summed E-state index contributed by atoms with van der Waals surface area (Å²) in [6.45, 7) is 0.790.